The fourth-order valence-electron chi connectivity index (χ4n) is 6.03. The molecule has 0 bridgehead atoms. The average Bonchev–Trinajstić information content (AvgIpc) is 3.46. The summed E-state index contributed by atoms with van der Waals surface area (Å²) in [6.45, 7) is 10.8. The number of ether oxygens (including phenoxy) is 1. The minimum absolute atomic E-state index is 0.0404. The van der Waals surface area contributed by atoms with Crippen molar-refractivity contribution in [2.75, 3.05) is 38.5 Å². The van der Waals surface area contributed by atoms with E-state index < -0.39 is 0 Å². The Bertz CT molecular complexity index is 1380. The number of hydrogen-bond acceptors (Lipinski definition) is 7. The Morgan fingerprint density at radius 2 is 1.81 bits per heavy atom. The fraction of sp³-hybridized carbons (Fsp3) is 0.424. The van der Waals surface area contributed by atoms with Gasteiger partial charge in [0, 0.05) is 60.6 Å². The summed E-state index contributed by atoms with van der Waals surface area (Å²) >= 11 is 0. The Labute approximate surface area is 248 Å². The molecule has 2 amide bonds. The Hall–Kier alpha value is -3.95. The average molecular weight is 571 g/mol. The molecule has 1 aromatic heterocycles. The Balaban J connectivity index is 1.20. The molecule has 42 heavy (non-hydrogen) atoms. The number of nitrogens with one attached hydrogen (secondary N) is 2. The first-order valence-electron chi connectivity index (χ1n) is 15.0. The first-order valence-corrected chi connectivity index (χ1v) is 15.0. The number of anilines is 1. The number of rotatable bonds is 9. The number of carbonyl (C=O) groups is 2. The van der Waals surface area contributed by atoms with E-state index in [4.69, 9.17) is 10.5 Å². The standard InChI is InChI=1S/C33H42N6O3/c1-4-38-14-6-9-29(38)18-36-32(40)27-8-5-7-24(15-27)21-42-30-16-28(17-35-31(30)34)25-10-12-26(13-11-25)33(41)39-19-22(2)37-23(3)20-39/h5,7-8,10-13,15-17,22-23,29,37H,4,6,9,14,18-21H2,1-3H3,(H2,34,35)(H,36,40). The topological polar surface area (TPSA) is 113 Å². The van der Waals surface area contributed by atoms with E-state index in [1.165, 1.54) is 6.42 Å². The summed E-state index contributed by atoms with van der Waals surface area (Å²) in [7, 11) is 0. The molecule has 5 rings (SSSR count). The summed E-state index contributed by atoms with van der Waals surface area (Å²) in [5.41, 5.74) is 10.0. The largest absolute Gasteiger partial charge is 0.485 e. The van der Waals surface area contributed by atoms with Gasteiger partial charge in [-0.15, -0.1) is 0 Å². The number of piperazine rings is 1. The molecule has 3 aromatic rings. The molecule has 9 heteroatoms. The second-order valence-corrected chi connectivity index (χ2v) is 11.5. The first-order chi connectivity index (χ1) is 20.3. The maximum atomic E-state index is 13.1. The number of carbonyl (C=O) groups excluding carboxylic acids is 2. The molecule has 9 nitrogen and oxygen atoms in total. The Morgan fingerprint density at radius 1 is 1.05 bits per heavy atom. The van der Waals surface area contributed by atoms with Gasteiger partial charge in [-0.2, -0.15) is 0 Å². The van der Waals surface area contributed by atoms with Crippen molar-refractivity contribution in [2.24, 2.45) is 0 Å². The van der Waals surface area contributed by atoms with Crippen molar-refractivity contribution in [3.63, 3.8) is 0 Å². The summed E-state index contributed by atoms with van der Waals surface area (Å²) < 4.78 is 6.06. The van der Waals surface area contributed by atoms with Crippen LogP contribution in [0.1, 0.15) is 59.9 Å². The number of benzene rings is 2. The van der Waals surface area contributed by atoms with E-state index in [0.29, 0.717) is 48.4 Å². The number of amides is 2. The zero-order valence-electron chi connectivity index (χ0n) is 24.8. The van der Waals surface area contributed by atoms with E-state index in [-0.39, 0.29) is 30.5 Å². The molecule has 0 aliphatic carbocycles. The Kier molecular flexibility index (Phi) is 9.39. The highest BCUT2D eigenvalue weighted by molar-refractivity contribution is 5.95. The molecule has 0 radical (unpaired) electrons. The second kappa shape index (κ2) is 13.4. The van der Waals surface area contributed by atoms with Crippen molar-refractivity contribution in [2.45, 2.75) is 58.3 Å². The van der Waals surface area contributed by atoms with Crippen LogP contribution >= 0.6 is 0 Å². The highest BCUT2D eigenvalue weighted by atomic mass is 16.5. The summed E-state index contributed by atoms with van der Waals surface area (Å²) in [4.78, 5) is 34.6. The van der Waals surface area contributed by atoms with Crippen molar-refractivity contribution >= 4 is 17.6 Å². The molecule has 3 unspecified atom stereocenters. The minimum Gasteiger partial charge on any atom is -0.485 e. The van der Waals surface area contributed by atoms with Gasteiger partial charge in [-0.25, -0.2) is 4.98 Å². The predicted molar refractivity (Wildman–Crippen MR) is 165 cm³/mol. The Morgan fingerprint density at radius 3 is 2.55 bits per heavy atom. The van der Waals surface area contributed by atoms with Gasteiger partial charge in [0.05, 0.1) is 0 Å². The second-order valence-electron chi connectivity index (χ2n) is 11.5. The van der Waals surface area contributed by atoms with Crippen molar-refractivity contribution < 1.29 is 14.3 Å². The van der Waals surface area contributed by atoms with Crippen molar-refractivity contribution in [1.29, 1.82) is 0 Å². The van der Waals surface area contributed by atoms with E-state index in [0.717, 1.165) is 36.2 Å². The van der Waals surface area contributed by atoms with Crippen LogP contribution in [0, 0.1) is 0 Å². The zero-order chi connectivity index (χ0) is 29.6. The quantitative estimate of drug-likeness (QED) is 0.357. The molecule has 2 aliphatic heterocycles. The van der Waals surface area contributed by atoms with E-state index >= 15 is 0 Å². The van der Waals surface area contributed by atoms with Gasteiger partial charge in [-0.3, -0.25) is 14.5 Å². The van der Waals surface area contributed by atoms with Gasteiger partial charge in [0.2, 0.25) is 0 Å². The van der Waals surface area contributed by atoms with E-state index in [2.05, 4.69) is 41.3 Å². The minimum atomic E-state index is -0.0779. The molecule has 2 saturated heterocycles. The van der Waals surface area contributed by atoms with E-state index in [1.807, 2.05) is 59.5 Å². The molecule has 222 valence electrons. The molecular weight excluding hydrogens is 528 g/mol. The molecule has 0 saturated carbocycles. The van der Waals surface area contributed by atoms with Gasteiger partial charge in [-0.05, 0) is 81.2 Å². The number of nitrogens with two attached hydrogens (primary N) is 1. The van der Waals surface area contributed by atoms with Crippen LogP contribution in [0.5, 0.6) is 5.75 Å². The highest BCUT2D eigenvalue weighted by Crippen LogP contribution is 2.28. The third-order valence-corrected chi connectivity index (χ3v) is 8.18. The lowest BCUT2D eigenvalue weighted by Gasteiger charge is -2.36. The maximum Gasteiger partial charge on any atom is 0.253 e. The number of likely N-dealkylation sites (tertiary alicyclic amines) is 1. The number of likely N-dealkylation sites (N-methyl/N-ethyl adjacent to an activating group) is 1. The SMILES string of the molecule is CCN1CCCC1CNC(=O)c1cccc(COc2cc(-c3ccc(C(=O)N4CC(C)NC(C)C4)cc3)cnc2N)c1. The van der Waals surface area contributed by atoms with Crippen LogP contribution in [-0.2, 0) is 6.61 Å². The molecule has 2 aromatic carbocycles. The summed E-state index contributed by atoms with van der Waals surface area (Å²) in [6.07, 6.45) is 4.00. The smallest absolute Gasteiger partial charge is 0.253 e. The summed E-state index contributed by atoms with van der Waals surface area (Å²) in [5, 5.41) is 6.56. The first kappa shape index (κ1) is 29.5. The van der Waals surface area contributed by atoms with Gasteiger partial charge >= 0.3 is 0 Å². The van der Waals surface area contributed by atoms with Crippen LogP contribution in [0.2, 0.25) is 0 Å². The molecule has 0 spiro atoms. The van der Waals surface area contributed by atoms with E-state index in [9.17, 15) is 9.59 Å². The maximum absolute atomic E-state index is 13.1. The van der Waals surface area contributed by atoms with Crippen LogP contribution in [0.15, 0.2) is 60.8 Å². The lowest BCUT2D eigenvalue weighted by molar-refractivity contribution is 0.0673. The van der Waals surface area contributed by atoms with Crippen LogP contribution in [0.25, 0.3) is 11.1 Å². The number of nitrogens with zero attached hydrogens (tertiary/aromatic N) is 3. The number of pyridine rings is 1. The van der Waals surface area contributed by atoms with E-state index in [1.54, 1.807) is 6.20 Å². The fourth-order valence-corrected chi connectivity index (χ4v) is 6.03. The van der Waals surface area contributed by atoms with Crippen molar-refractivity contribution in [1.82, 2.24) is 25.4 Å². The van der Waals surface area contributed by atoms with Gasteiger partial charge in [-0.1, -0.05) is 31.2 Å². The van der Waals surface area contributed by atoms with Gasteiger partial charge < -0.3 is 26.0 Å². The van der Waals surface area contributed by atoms with Gasteiger partial charge in [0.15, 0.2) is 11.6 Å². The molecule has 2 aliphatic rings. The molecule has 2 fully saturated rings. The zero-order valence-corrected chi connectivity index (χ0v) is 24.8. The van der Waals surface area contributed by atoms with Crippen LogP contribution in [0.3, 0.4) is 0 Å². The third kappa shape index (κ3) is 7.09. The number of hydrogen-bond donors (Lipinski definition) is 3. The molecule has 4 N–H and O–H groups in total. The number of nitrogen functional groups attached to an aromatic ring is 1. The van der Waals surface area contributed by atoms with Crippen LogP contribution in [0.4, 0.5) is 5.82 Å². The predicted octanol–water partition coefficient (Wildman–Crippen LogP) is 3.95. The summed E-state index contributed by atoms with van der Waals surface area (Å²) in [5.74, 6) is 0.718. The van der Waals surface area contributed by atoms with Crippen LogP contribution in [-0.4, -0.2) is 77.4 Å². The lowest BCUT2D eigenvalue weighted by atomic mass is 10.0. The highest BCUT2D eigenvalue weighted by Gasteiger charge is 2.26. The third-order valence-electron chi connectivity index (χ3n) is 8.18. The van der Waals surface area contributed by atoms with Gasteiger partial charge in [0.1, 0.15) is 6.61 Å². The van der Waals surface area contributed by atoms with Crippen molar-refractivity contribution in [3.8, 4) is 16.9 Å². The molecule has 3 atom stereocenters. The molecular formula is C33H42N6O3. The van der Waals surface area contributed by atoms with Crippen LogP contribution < -0.4 is 21.1 Å². The molecule has 3 heterocycles. The van der Waals surface area contributed by atoms with Crippen molar-refractivity contribution in [3.05, 3.63) is 77.5 Å². The normalized spacial score (nSPS) is 20.8. The lowest BCUT2D eigenvalue weighted by Crippen LogP contribution is -2.55. The monoisotopic (exact) mass is 570 g/mol. The summed E-state index contributed by atoms with van der Waals surface area (Å²) in [6, 6.07) is 17.8. The van der Waals surface area contributed by atoms with Gasteiger partial charge in [0.25, 0.3) is 11.8 Å². The number of aromatic nitrogens is 1.